The number of benzene rings is 2. The Bertz CT molecular complexity index is 724. The minimum atomic E-state index is -0.591. The summed E-state index contributed by atoms with van der Waals surface area (Å²) < 4.78 is 5.13. The van der Waals surface area contributed by atoms with Crippen LogP contribution in [0.15, 0.2) is 61.2 Å². The number of para-hydroxylation sites is 1. The highest BCUT2D eigenvalue weighted by Crippen LogP contribution is 2.22. The zero-order valence-electron chi connectivity index (χ0n) is 13.7. The van der Waals surface area contributed by atoms with E-state index in [2.05, 4.69) is 11.5 Å². The van der Waals surface area contributed by atoms with Crippen LogP contribution >= 0.6 is 17.0 Å². The largest absolute Gasteiger partial charge is 0.423 e. The van der Waals surface area contributed by atoms with Crippen LogP contribution < -0.4 is 4.74 Å². The van der Waals surface area contributed by atoms with Gasteiger partial charge >= 0.3 is 5.97 Å². The molecule has 0 radical (unpaired) electrons. The first kappa shape index (κ1) is 19.8. The molecule has 0 spiro atoms. The van der Waals surface area contributed by atoms with E-state index in [0.29, 0.717) is 11.1 Å². The number of esters is 1. The van der Waals surface area contributed by atoms with Crippen LogP contribution in [0, 0.1) is 0 Å². The molecule has 24 heavy (non-hydrogen) atoms. The van der Waals surface area contributed by atoms with Crippen molar-refractivity contribution in [1.29, 1.82) is 0 Å². The Morgan fingerprint density at radius 1 is 1.08 bits per heavy atom. The van der Waals surface area contributed by atoms with Crippen LogP contribution in [0.3, 0.4) is 0 Å². The Balaban J connectivity index is 0.00000288. The summed E-state index contributed by atoms with van der Waals surface area (Å²) in [6, 6.07) is 14.1. The quantitative estimate of drug-likeness (QED) is 0.327. The summed E-state index contributed by atoms with van der Waals surface area (Å²) in [6.45, 7) is 4.17. The van der Waals surface area contributed by atoms with Crippen molar-refractivity contribution in [2.75, 3.05) is 14.1 Å². The molecule has 0 aliphatic carbocycles. The third kappa shape index (κ3) is 5.15. The first-order valence-electron chi connectivity index (χ1n) is 7.23. The van der Waals surface area contributed by atoms with Crippen molar-refractivity contribution < 1.29 is 14.3 Å². The van der Waals surface area contributed by atoms with Gasteiger partial charge in [-0.05, 0) is 31.8 Å². The summed E-state index contributed by atoms with van der Waals surface area (Å²) in [5.41, 5.74) is 2.02. The number of ether oxygens (including phenoxy) is 1. The molecule has 0 amide bonds. The zero-order chi connectivity index (χ0) is 16.8. The maximum Gasteiger partial charge on any atom is 0.335 e. The average Bonchev–Trinajstić information content (AvgIpc) is 2.55. The molecule has 2 aromatic carbocycles. The molecule has 0 unspecified atom stereocenters. The molecule has 0 atom stereocenters. The van der Waals surface area contributed by atoms with Crippen molar-refractivity contribution in [2.24, 2.45) is 0 Å². The van der Waals surface area contributed by atoms with Crippen LogP contribution in [-0.2, 0) is 11.3 Å². The predicted molar refractivity (Wildman–Crippen MR) is 99.9 cm³/mol. The van der Waals surface area contributed by atoms with E-state index in [4.69, 9.17) is 4.74 Å². The van der Waals surface area contributed by atoms with Crippen molar-refractivity contribution >= 4 is 28.7 Å². The summed E-state index contributed by atoms with van der Waals surface area (Å²) in [5.74, 6) is -0.541. The van der Waals surface area contributed by atoms with Gasteiger partial charge in [0.2, 0.25) is 0 Å². The van der Waals surface area contributed by atoms with Gasteiger partial charge in [-0.1, -0.05) is 43.0 Å². The van der Waals surface area contributed by atoms with E-state index in [1.165, 1.54) is 0 Å². The number of ketones is 1. The molecule has 0 aliphatic rings. The molecule has 0 aromatic heterocycles. The van der Waals surface area contributed by atoms with E-state index in [1.54, 1.807) is 36.4 Å². The summed E-state index contributed by atoms with van der Waals surface area (Å²) in [5, 5.41) is 0. The van der Waals surface area contributed by atoms with Gasteiger partial charge in [-0.2, -0.15) is 0 Å². The van der Waals surface area contributed by atoms with Gasteiger partial charge in [0.1, 0.15) is 5.75 Å². The SMILES string of the molecule is Br.C=CC(=O)Oc1ccccc1C(=O)c1ccc(CN(C)C)cc1. The maximum absolute atomic E-state index is 12.6. The van der Waals surface area contributed by atoms with Crippen molar-refractivity contribution in [3.8, 4) is 5.75 Å². The van der Waals surface area contributed by atoms with Crippen molar-refractivity contribution in [3.63, 3.8) is 0 Å². The smallest absolute Gasteiger partial charge is 0.335 e. The van der Waals surface area contributed by atoms with Crippen molar-refractivity contribution in [1.82, 2.24) is 4.90 Å². The van der Waals surface area contributed by atoms with Crippen molar-refractivity contribution in [3.05, 3.63) is 77.9 Å². The van der Waals surface area contributed by atoms with E-state index in [0.717, 1.165) is 18.2 Å². The highest BCUT2D eigenvalue weighted by atomic mass is 79.9. The van der Waals surface area contributed by atoms with E-state index in [-0.39, 0.29) is 28.5 Å². The zero-order valence-corrected chi connectivity index (χ0v) is 15.4. The molecule has 126 valence electrons. The number of carbonyl (C=O) groups is 2. The molecular formula is C19H20BrNO3. The molecule has 0 fully saturated rings. The Kier molecular flexibility index (Phi) is 7.55. The molecule has 0 N–H and O–H groups in total. The second kappa shape index (κ2) is 9.15. The standard InChI is InChI=1S/C19H19NO3.BrH/c1-4-18(21)23-17-8-6-5-7-16(17)19(22)15-11-9-14(10-12-15)13-20(2)3;/h4-12H,1,13H2,2-3H3;1H. The van der Waals surface area contributed by atoms with Crippen LogP contribution in [0.25, 0.3) is 0 Å². The third-order valence-corrected chi connectivity index (χ3v) is 3.22. The molecule has 0 heterocycles. The minimum Gasteiger partial charge on any atom is -0.423 e. The Morgan fingerprint density at radius 3 is 2.29 bits per heavy atom. The Morgan fingerprint density at radius 2 is 1.71 bits per heavy atom. The predicted octanol–water partition coefficient (Wildman–Crippen LogP) is 3.65. The number of nitrogens with zero attached hydrogens (tertiary/aromatic N) is 1. The minimum absolute atomic E-state index is 0. The third-order valence-electron chi connectivity index (χ3n) is 3.22. The van der Waals surface area contributed by atoms with Crippen LogP contribution in [0.1, 0.15) is 21.5 Å². The van der Waals surface area contributed by atoms with Crippen LogP contribution in [0.2, 0.25) is 0 Å². The maximum atomic E-state index is 12.6. The highest BCUT2D eigenvalue weighted by molar-refractivity contribution is 8.93. The molecule has 2 aromatic rings. The summed E-state index contributed by atoms with van der Waals surface area (Å²) in [4.78, 5) is 26.1. The van der Waals surface area contributed by atoms with Gasteiger partial charge in [-0.3, -0.25) is 4.79 Å². The summed E-state index contributed by atoms with van der Waals surface area (Å²) in [6.07, 6.45) is 1.07. The summed E-state index contributed by atoms with van der Waals surface area (Å²) >= 11 is 0. The van der Waals surface area contributed by atoms with Gasteiger partial charge in [0.25, 0.3) is 0 Å². The number of hydrogen-bond acceptors (Lipinski definition) is 4. The molecule has 0 aliphatic heterocycles. The molecule has 5 heteroatoms. The lowest BCUT2D eigenvalue weighted by Gasteiger charge is -2.11. The fourth-order valence-corrected chi connectivity index (χ4v) is 2.18. The van der Waals surface area contributed by atoms with Crippen LogP contribution in [0.4, 0.5) is 0 Å². The van der Waals surface area contributed by atoms with Crippen LogP contribution in [0.5, 0.6) is 5.75 Å². The second-order valence-corrected chi connectivity index (χ2v) is 5.39. The Labute approximate surface area is 152 Å². The average molecular weight is 390 g/mol. The van der Waals surface area contributed by atoms with E-state index in [1.807, 2.05) is 26.2 Å². The molecule has 0 bridgehead atoms. The van der Waals surface area contributed by atoms with Gasteiger partial charge < -0.3 is 9.64 Å². The molecule has 4 nitrogen and oxygen atoms in total. The van der Waals surface area contributed by atoms with Gasteiger partial charge in [-0.25, -0.2) is 4.79 Å². The number of halogens is 1. The number of rotatable bonds is 6. The number of hydrogen-bond donors (Lipinski definition) is 0. The second-order valence-electron chi connectivity index (χ2n) is 5.39. The first-order chi connectivity index (χ1) is 11.0. The molecule has 0 saturated carbocycles. The summed E-state index contributed by atoms with van der Waals surface area (Å²) in [7, 11) is 3.98. The fraction of sp³-hybridized carbons (Fsp3) is 0.158. The van der Waals surface area contributed by atoms with Crippen molar-refractivity contribution in [2.45, 2.75) is 6.54 Å². The highest BCUT2D eigenvalue weighted by Gasteiger charge is 2.15. The van der Waals surface area contributed by atoms with Gasteiger partial charge in [0.05, 0.1) is 5.56 Å². The van der Waals surface area contributed by atoms with Gasteiger partial charge in [0, 0.05) is 18.2 Å². The van der Waals surface area contributed by atoms with E-state index >= 15 is 0 Å². The molecule has 2 rings (SSSR count). The molecular weight excluding hydrogens is 370 g/mol. The fourth-order valence-electron chi connectivity index (χ4n) is 2.18. The lowest BCUT2D eigenvalue weighted by molar-refractivity contribution is -0.128. The van der Waals surface area contributed by atoms with Crippen LogP contribution in [-0.4, -0.2) is 30.7 Å². The van der Waals surface area contributed by atoms with Gasteiger partial charge in [0.15, 0.2) is 5.78 Å². The monoisotopic (exact) mass is 389 g/mol. The number of carbonyl (C=O) groups excluding carboxylic acids is 2. The first-order valence-corrected chi connectivity index (χ1v) is 7.23. The van der Waals surface area contributed by atoms with E-state index in [9.17, 15) is 9.59 Å². The normalized spacial score (nSPS) is 9.96. The lowest BCUT2D eigenvalue weighted by Crippen LogP contribution is -2.11. The topological polar surface area (TPSA) is 46.6 Å². The van der Waals surface area contributed by atoms with Gasteiger partial charge in [-0.15, -0.1) is 17.0 Å². The molecule has 0 saturated heterocycles. The lowest BCUT2D eigenvalue weighted by atomic mass is 10.0. The van der Waals surface area contributed by atoms with E-state index < -0.39 is 5.97 Å². The Hall–Kier alpha value is -2.24.